The van der Waals surface area contributed by atoms with Crippen molar-refractivity contribution in [1.82, 2.24) is 0 Å². The molecule has 1 saturated heterocycles. The highest BCUT2D eigenvalue weighted by molar-refractivity contribution is 5.74. The second-order valence-corrected chi connectivity index (χ2v) is 22.7. The number of carboxylic acids is 1. The number of esters is 3. The Morgan fingerprint density at radius 3 is 1.19 bits per heavy atom. The third kappa shape index (κ3) is 47.8. The molecule has 0 radical (unpaired) electrons. The summed E-state index contributed by atoms with van der Waals surface area (Å²) >= 11 is 0. The van der Waals surface area contributed by atoms with Crippen molar-refractivity contribution in [2.75, 3.05) is 13.2 Å². The van der Waals surface area contributed by atoms with Crippen LogP contribution in [0, 0.1) is 0 Å². The summed E-state index contributed by atoms with van der Waals surface area (Å²) in [6, 6.07) is 0. The summed E-state index contributed by atoms with van der Waals surface area (Å²) in [5, 5.41) is 31.6. The standard InChI is InChI=1S/C71H120O12/c1-4-7-10-13-16-19-22-25-28-31-32-35-36-39-42-45-48-51-54-57-63(72)79-60-62(81-64(73)58-55-52-49-46-43-40-37-33-29-26-23-20-17-14-11-8-5-2)61-80-71-69(67(76)66(75)68(83-71)70(77)78)82-65(74)59-56-53-50-47-44-41-38-34-30-27-24-21-18-15-12-9-6-3/h7,10,16-17,19-20,25-26,28-29,32,35,39,42,62,66-69,71,75-76H,4-6,8-9,11-15,18,21-24,27,30-31,33-34,36-38,40-41,43-61H2,1-3H3,(H,77,78)/b10-7-,19-16-,20-17-,28-25-,29-26-,35-32-,42-39-. The van der Waals surface area contributed by atoms with E-state index in [4.69, 9.17) is 23.7 Å². The zero-order valence-corrected chi connectivity index (χ0v) is 52.7. The lowest BCUT2D eigenvalue weighted by Crippen LogP contribution is -2.61. The van der Waals surface area contributed by atoms with Gasteiger partial charge in [0.2, 0.25) is 0 Å². The van der Waals surface area contributed by atoms with Crippen molar-refractivity contribution in [3.63, 3.8) is 0 Å². The first-order chi connectivity index (χ1) is 40.6. The van der Waals surface area contributed by atoms with Crippen LogP contribution in [0.2, 0.25) is 0 Å². The number of aliphatic hydroxyl groups excluding tert-OH is 2. The molecular weight excluding hydrogens is 1040 g/mol. The Morgan fingerprint density at radius 2 is 0.759 bits per heavy atom. The number of unbranched alkanes of at least 4 members (excludes halogenated alkanes) is 29. The number of carbonyl (C=O) groups excluding carboxylic acids is 3. The zero-order valence-electron chi connectivity index (χ0n) is 52.7. The fourth-order valence-electron chi connectivity index (χ4n) is 9.84. The van der Waals surface area contributed by atoms with Crippen LogP contribution in [0.3, 0.4) is 0 Å². The van der Waals surface area contributed by atoms with Crippen molar-refractivity contribution < 1.29 is 58.2 Å². The molecule has 0 bridgehead atoms. The van der Waals surface area contributed by atoms with E-state index in [0.29, 0.717) is 19.3 Å². The van der Waals surface area contributed by atoms with Gasteiger partial charge in [0, 0.05) is 19.3 Å². The van der Waals surface area contributed by atoms with E-state index < -0.39 is 67.3 Å². The summed E-state index contributed by atoms with van der Waals surface area (Å²) < 4.78 is 28.5. The molecule has 3 N–H and O–H groups in total. The van der Waals surface area contributed by atoms with E-state index in [2.05, 4.69) is 106 Å². The molecule has 83 heavy (non-hydrogen) atoms. The predicted molar refractivity (Wildman–Crippen MR) is 340 cm³/mol. The number of ether oxygens (including phenoxy) is 5. The highest BCUT2D eigenvalue weighted by Crippen LogP contribution is 2.27. The molecule has 12 heteroatoms. The minimum atomic E-state index is -1.91. The Kier molecular flexibility index (Phi) is 54.0. The van der Waals surface area contributed by atoms with Gasteiger partial charge in [0.25, 0.3) is 0 Å². The monoisotopic (exact) mass is 1160 g/mol. The Hall–Kier alpha value is -4.10. The van der Waals surface area contributed by atoms with Gasteiger partial charge in [0.05, 0.1) is 6.61 Å². The minimum Gasteiger partial charge on any atom is -0.479 e. The number of rotatable bonds is 57. The second-order valence-electron chi connectivity index (χ2n) is 22.7. The summed E-state index contributed by atoms with van der Waals surface area (Å²) in [6.07, 6.45) is 63.9. The van der Waals surface area contributed by atoms with Gasteiger partial charge in [-0.1, -0.05) is 260 Å². The number of aliphatic carboxylic acids is 1. The van der Waals surface area contributed by atoms with Gasteiger partial charge in [-0.15, -0.1) is 0 Å². The van der Waals surface area contributed by atoms with Crippen LogP contribution < -0.4 is 0 Å². The number of allylic oxidation sites excluding steroid dienone is 14. The Labute approximate surface area is 505 Å². The molecule has 6 atom stereocenters. The molecule has 0 spiro atoms. The highest BCUT2D eigenvalue weighted by Gasteiger charge is 2.50. The number of hydrogen-bond acceptors (Lipinski definition) is 11. The van der Waals surface area contributed by atoms with E-state index in [-0.39, 0.29) is 25.9 Å². The lowest BCUT2D eigenvalue weighted by atomic mass is 9.98. The van der Waals surface area contributed by atoms with Crippen molar-refractivity contribution in [3.05, 3.63) is 85.1 Å². The summed E-state index contributed by atoms with van der Waals surface area (Å²) in [5.74, 6) is -3.16. The van der Waals surface area contributed by atoms with E-state index in [1.54, 1.807) is 0 Å². The van der Waals surface area contributed by atoms with Crippen molar-refractivity contribution in [1.29, 1.82) is 0 Å². The number of hydrogen-bond donors (Lipinski definition) is 3. The molecule has 0 amide bonds. The molecule has 6 unspecified atom stereocenters. The Morgan fingerprint density at radius 1 is 0.410 bits per heavy atom. The molecule has 0 saturated carbocycles. The van der Waals surface area contributed by atoms with Gasteiger partial charge < -0.3 is 39.0 Å². The van der Waals surface area contributed by atoms with Crippen LogP contribution in [0.15, 0.2) is 85.1 Å². The number of carboxylic acid groups (broad SMARTS) is 1. The first-order valence-corrected chi connectivity index (χ1v) is 33.6. The normalized spacial score (nSPS) is 18.1. The maximum absolute atomic E-state index is 13.2. The van der Waals surface area contributed by atoms with Crippen molar-refractivity contribution in [2.45, 2.75) is 327 Å². The van der Waals surface area contributed by atoms with Gasteiger partial charge in [-0.3, -0.25) is 14.4 Å². The Bertz CT molecular complexity index is 1760. The Balaban J connectivity index is 2.68. The molecule has 0 aromatic rings. The molecule has 1 aliphatic heterocycles. The molecule has 476 valence electrons. The highest BCUT2D eigenvalue weighted by atomic mass is 16.7. The fourth-order valence-corrected chi connectivity index (χ4v) is 9.84. The maximum atomic E-state index is 13.2. The quantitative estimate of drug-likeness (QED) is 0.0228. The summed E-state index contributed by atoms with van der Waals surface area (Å²) in [7, 11) is 0. The van der Waals surface area contributed by atoms with Crippen LogP contribution in [0.5, 0.6) is 0 Å². The molecule has 0 aliphatic carbocycles. The molecule has 12 nitrogen and oxygen atoms in total. The lowest BCUT2D eigenvalue weighted by molar-refractivity contribution is -0.301. The molecule has 1 fully saturated rings. The van der Waals surface area contributed by atoms with Gasteiger partial charge >= 0.3 is 23.9 Å². The topological polar surface area (TPSA) is 175 Å². The zero-order chi connectivity index (χ0) is 60.3. The van der Waals surface area contributed by atoms with E-state index in [1.807, 2.05) is 0 Å². The molecule has 1 aliphatic rings. The third-order valence-corrected chi connectivity index (χ3v) is 15.0. The van der Waals surface area contributed by atoms with Crippen LogP contribution >= 0.6 is 0 Å². The smallest absolute Gasteiger partial charge is 0.335 e. The third-order valence-electron chi connectivity index (χ3n) is 15.0. The van der Waals surface area contributed by atoms with Gasteiger partial charge in [-0.2, -0.15) is 0 Å². The van der Waals surface area contributed by atoms with Gasteiger partial charge in [0.1, 0.15) is 18.8 Å². The molecule has 0 aromatic carbocycles. The van der Waals surface area contributed by atoms with Crippen LogP contribution in [0.1, 0.15) is 290 Å². The summed E-state index contributed by atoms with van der Waals surface area (Å²) in [6.45, 7) is 5.86. The average molecular weight is 1170 g/mol. The second kappa shape index (κ2) is 58.3. The van der Waals surface area contributed by atoms with Gasteiger partial charge in [0.15, 0.2) is 24.6 Å². The number of aliphatic hydroxyl groups is 2. The van der Waals surface area contributed by atoms with E-state index in [0.717, 1.165) is 128 Å². The fraction of sp³-hybridized carbons (Fsp3) is 0.746. The van der Waals surface area contributed by atoms with Crippen LogP contribution in [0.25, 0.3) is 0 Å². The van der Waals surface area contributed by atoms with E-state index in [9.17, 15) is 34.5 Å². The predicted octanol–water partition coefficient (Wildman–Crippen LogP) is 18.2. The van der Waals surface area contributed by atoms with Crippen LogP contribution in [-0.2, 0) is 42.9 Å². The van der Waals surface area contributed by atoms with Crippen molar-refractivity contribution in [3.8, 4) is 0 Å². The number of carbonyl (C=O) groups is 4. The first-order valence-electron chi connectivity index (χ1n) is 33.6. The molecular formula is C71H120O12. The van der Waals surface area contributed by atoms with Gasteiger partial charge in [-0.25, -0.2) is 4.79 Å². The average Bonchev–Trinajstić information content (AvgIpc) is 3.59. The first kappa shape index (κ1) is 76.9. The van der Waals surface area contributed by atoms with Crippen LogP contribution in [0.4, 0.5) is 0 Å². The lowest BCUT2D eigenvalue weighted by Gasteiger charge is -2.40. The van der Waals surface area contributed by atoms with Crippen molar-refractivity contribution >= 4 is 23.9 Å². The SMILES string of the molecule is CC/C=C\C/C=C\C/C=C\C/C=C\C/C=C\CCCCCC(=O)OCC(COC1OC(C(=O)O)C(O)C(O)C1OC(=O)CCCCCCCCCCCCCCCCCCC)OC(=O)CCCCCCCCC/C=C\C/C=C\CCCCC. The summed E-state index contributed by atoms with van der Waals surface area (Å²) in [5.41, 5.74) is 0. The van der Waals surface area contributed by atoms with Crippen molar-refractivity contribution in [2.24, 2.45) is 0 Å². The summed E-state index contributed by atoms with van der Waals surface area (Å²) in [4.78, 5) is 51.4. The minimum absolute atomic E-state index is 0.0573. The van der Waals surface area contributed by atoms with Crippen LogP contribution in [-0.4, -0.2) is 89.2 Å². The van der Waals surface area contributed by atoms with Gasteiger partial charge in [-0.05, 0) is 96.3 Å². The maximum Gasteiger partial charge on any atom is 0.335 e. The largest absolute Gasteiger partial charge is 0.479 e. The molecule has 1 rings (SSSR count). The molecule has 0 aromatic heterocycles. The van der Waals surface area contributed by atoms with E-state index >= 15 is 0 Å². The molecule has 1 heterocycles. The van der Waals surface area contributed by atoms with E-state index in [1.165, 1.54) is 103 Å².